The van der Waals surface area contributed by atoms with Crippen molar-refractivity contribution in [2.75, 3.05) is 6.61 Å². The molecule has 0 aromatic heterocycles. The predicted molar refractivity (Wildman–Crippen MR) is 82.4 cm³/mol. The van der Waals surface area contributed by atoms with E-state index in [4.69, 9.17) is 4.74 Å². The van der Waals surface area contributed by atoms with Gasteiger partial charge in [-0.15, -0.1) is 0 Å². The molecule has 0 bridgehead atoms. The maximum absolute atomic E-state index is 12.0. The maximum atomic E-state index is 12.0. The molecular formula is C17H23NO3. The van der Waals surface area contributed by atoms with E-state index >= 15 is 0 Å². The average molecular weight is 289 g/mol. The Balaban J connectivity index is 2.64. The summed E-state index contributed by atoms with van der Waals surface area (Å²) >= 11 is 0. The second-order valence-electron chi connectivity index (χ2n) is 5.21. The lowest BCUT2D eigenvalue weighted by atomic mass is 9.93. The Morgan fingerprint density at radius 2 is 1.86 bits per heavy atom. The van der Waals surface area contributed by atoms with Gasteiger partial charge in [0.2, 0.25) is 5.91 Å². The molecule has 0 aliphatic heterocycles. The summed E-state index contributed by atoms with van der Waals surface area (Å²) in [6.45, 7) is 9.70. The first-order valence-corrected chi connectivity index (χ1v) is 7.14. The van der Waals surface area contributed by atoms with Gasteiger partial charge in [0.15, 0.2) is 0 Å². The second kappa shape index (κ2) is 8.25. The van der Waals surface area contributed by atoms with Crippen molar-refractivity contribution in [3.8, 4) is 0 Å². The Labute approximate surface area is 126 Å². The van der Waals surface area contributed by atoms with Crippen molar-refractivity contribution < 1.29 is 14.3 Å². The average Bonchev–Trinajstić information content (AvgIpc) is 2.39. The molecule has 4 nitrogen and oxygen atoms in total. The lowest BCUT2D eigenvalue weighted by Gasteiger charge is -2.22. The molecular weight excluding hydrogens is 266 g/mol. The highest BCUT2D eigenvalue weighted by Crippen LogP contribution is 2.19. The first-order valence-electron chi connectivity index (χ1n) is 7.14. The number of amides is 1. The molecule has 1 aromatic carbocycles. The molecule has 21 heavy (non-hydrogen) atoms. The van der Waals surface area contributed by atoms with Gasteiger partial charge in [-0.1, -0.05) is 50.8 Å². The minimum atomic E-state index is -0.523. The Hall–Kier alpha value is -2.10. The molecule has 4 heteroatoms. The van der Waals surface area contributed by atoms with Gasteiger partial charge in [0, 0.05) is 5.70 Å². The smallest absolute Gasteiger partial charge is 0.315 e. The summed E-state index contributed by atoms with van der Waals surface area (Å²) in [5.41, 5.74) is 1.31. The number of hydrogen-bond acceptors (Lipinski definition) is 3. The number of carbonyl (C=O) groups is 2. The number of nitrogens with one attached hydrogen (secondary N) is 1. The maximum Gasteiger partial charge on any atom is 0.315 e. The van der Waals surface area contributed by atoms with Crippen LogP contribution in [0.1, 0.15) is 26.3 Å². The highest BCUT2D eigenvalue weighted by atomic mass is 16.5. The number of ether oxygens (including phenoxy) is 1. The van der Waals surface area contributed by atoms with Gasteiger partial charge in [0.25, 0.3) is 0 Å². The quantitative estimate of drug-likeness (QED) is 0.785. The van der Waals surface area contributed by atoms with Crippen LogP contribution in [0.4, 0.5) is 0 Å². The zero-order valence-corrected chi connectivity index (χ0v) is 12.9. The van der Waals surface area contributed by atoms with E-state index in [1.807, 2.05) is 44.2 Å². The van der Waals surface area contributed by atoms with Crippen LogP contribution in [0.2, 0.25) is 0 Å². The van der Waals surface area contributed by atoms with Crippen LogP contribution in [0.25, 0.3) is 0 Å². The summed E-state index contributed by atoms with van der Waals surface area (Å²) in [5, 5.41) is 2.71. The third kappa shape index (κ3) is 5.42. The highest BCUT2D eigenvalue weighted by molar-refractivity contribution is 5.83. The van der Waals surface area contributed by atoms with Crippen molar-refractivity contribution in [2.24, 2.45) is 11.8 Å². The minimum absolute atomic E-state index is 0.00794. The van der Waals surface area contributed by atoms with E-state index < -0.39 is 5.92 Å². The van der Waals surface area contributed by atoms with Gasteiger partial charge in [-0.3, -0.25) is 9.59 Å². The van der Waals surface area contributed by atoms with Gasteiger partial charge in [0.05, 0.1) is 18.9 Å². The number of hydrogen-bond donors (Lipinski definition) is 1. The van der Waals surface area contributed by atoms with Crippen LogP contribution in [-0.2, 0) is 20.7 Å². The van der Waals surface area contributed by atoms with Gasteiger partial charge >= 0.3 is 5.97 Å². The number of carbonyl (C=O) groups excluding carboxylic acids is 2. The molecule has 1 N–H and O–H groups in total. The van der Waals surface area contributed by atoms with Crippen LogP contribution in [0.15, 0.2) is 42.6 Å². The SMILES string of the molecule is C=C(NC(=O)Cc1ccccc1)C(C(=O)OCC)C(C)C. The monoisotopic (exact) mass is 289 g/mol. The first-order chi connectivity index (χ1) is 9.95. The van der Waals surface area contributed by atoms with E-state index in [1.165, 1.54) is 0 Å². The number of rotatable bonds is 7. The summed E-state index contributed by atoms with van der Waals surface area (Å²) in [4.78, 5) is 23.9. The third-order valence-corrected chi connectivity index (χ3v) is 3.09. The summed E-state index contributed by atoms with van der Waals surface area (Å²) < 4.78 is 5.04. The largest absolute Gasteiger partial charge is 0.465 e. The fraction of sp³-hybridized carbons (Fsp3) is 0.412. The molecule has 1 amide bonds. The summed E-state index contributed by atoms with van der Waals surface area (Å²) in [6, 6.07) is 9.43. The van der Waals surface area contributed by atoms with E-state index in [1.54, 1.807) is 6.92 Å². The van der Waals surface area contributed by atoms with E-state index in [-0.39, 0.29) is 24.2 Å². The molecule has 1 unspecified atom stereocenters. The molecule has 0 fully saturated rings. The van der Waals surface area contributed by atoms with Crippen molar-refractivity contribution >= 4 is 11.9 Å². The first kappa shape index (κ1) is 17.0. The summed E-state index contributed by atoms with van der Waals surface area (Å²) in [5.74, 6) is -1.04. The Morgan fingerprint density at radius 1 is 1.24 bits per heavy atom. The Kier molecular flexibility index (Phi) is 6.66. The number of esters is 1. The lowest BCUT2D eigenvalue weighted by Crippen LogP contribution is -2.34. The fourth-order valence-electron chi connectivity index (χ4n) is 2.13. The molecule has 0 aliphatic carbocycles. The normalized spacial score (nSPS) is 11.8. The third-order valence-electron chi connectivity index (χ3n) is 3.09. The summed E-state index contributed by atoms with van der Waals surface area (Å²) in [7, 11) is 0. The van der Waals surface area contributed by atoms with Crippen molar-refractivity contribution in [3.05, 3.63) is 48.2 Å². The van der Waals surface area contributed by atoms with Crippen LogP contribution >= 0.6 is 0 Å². The zero-order chi connectivity index (χ0) is 15.8. The van der Waals surface area contributed by atoms with Gasteiger partial charge in [-0.05, 0) is 18.4 Å². The molecule has 0 saturated carbocycles. The molecule has 0 aliphatic rings. The van der Waals surface area contributed by atoms with Crippen molar-refractivity contribution in [1.29, 1.82) is 0 Å². The fourth-order valence-corrected chi connectivity index (χ4v) is 2.13. The zero-order valence-electron chi connectivity index (χ0n) is 12.9. The highest BCUT2D eigenvalue weighted by Gasteiger charge is 2.27. The standard InChI is InChI=1S/C17H23NO3/c1-5-21-17(20)16(12(2)3)13(4)18-15(19)11-14-9-7-6-8-10-14/h6-10,12,16H,4-5,11H2,1-3H3,(H,18,19). The molecule has 0 radical (unpaired) electrons. The van der Waals surface area contributed by atoms with Crippen molar-refractivity contribution in [1.82, 2.24) is 5.32 Å². The second-order valence-corrected chi connectivity index (χ2v) is 5.21. The topological polar surface area (TPSA) is 55.4 Å². The van der Waals surface area contributed by atoms with Gasteiger partial charge in [0.1, 0.15) is 0 Å². The van der Waals surface area contributed by atoms with Crippen LogP contribution in [0, 0.1) is 11.8 Å². The van der Waals surface area contributed by atoms with Crippen LogP contribution < -0.4 is 5.32 Å². The minimum Gasteiger partial charge on any atom is -0.465 e. The van der Waals surface area contributed by atoms with E-state index in [9.17, 15) is 9.59 Å². The lowest BCUT2D eigenvalue weighted by molar-refractivity contribution is -0.148. The van der Waals surface area contributed by atoms with E-state index in [2.05, 4.69) is 11.9 Å². The van der Waals surface area contributed by atoms with Gasteiger partial charge < -0.3 is 10.1 Å². The van der Waals surface area contributed by atoms with Crippen LogP contribution in [0.3, 0.4) is 0 Å². The molecule has 1 rings (SSSR count). The number of benzene rings is 1. The molecule has 114 valence electrons. The summed E-state index contributed by atoms with van der Waals surface area (Å²) in [6.07, 6.45) is 0.257. The Bertz CT molecular complexity index is 494. The molecule has 1 atom stereocenters. The predicted octanol–water partition coefficient (Wildman–Crippen LogP) is 2.69. The van der Waals surface area contributed by atoms with Crippen LogP contribution in [-0.4, -0.2) is 18.5 Å². The molecule has 0 heterocycles. The van der Waals surface area contributed by atoms with Gasteiger partial charge in [-0.25, -0.2) is 0 Å². The van der Waals surface area contributed by atoms with Crippen molar-refractivity contribution in [2.45, 2.75) is 27.2 Å². The van der Waals surface area contributed by atoms with Gasteiger partial charge in [-0.2, -0.15) is 0 Å². The van der Waals surface area contributed by atoms with E-state index in [0.29, 0.717) is 12.3 Å². The Morgan fingerprint density at radius 3 is 2.38 bits per heavy atom. The van der Waals surface area contributed by atoms with E-state index in [0.717, 1.165) is 5.56 Å². The molecule has 0 spiro atoms. The molecule has 0 saturated heterocycles. The van der Waals surface area contributed by atoms with Crippen molar-refractivity contribution in [3.63, 3.8) is 0 Å². The molecule has 1 aromatic rings. The van der Waals surface area contributed by atoms with Crippen LogP contribution in [0.5, 0.6) is 0 Å².